The first-order chi connectivity index (χ1) is 11.0. The molecule has 23 heavy (non-hydrogen) atoms. The zero-order chi connectivity index (χ0) is 16.2. The van der Waals surface area contributed by atoms with E-state index in [1.54, 1.807) is 0 Å². The summed E-state index contributed by atoms with van der Waals surface area (Å²) in [5.74, 6) is 2.08. The van der Waals surface area contributed by atoms with E-state index in [2.05, 4.69) is 11.9 Å². The second-order valence-corrected chi connectivity index (χ2v) is 9.50. The average molecular weight is 376 g/mol. The van der Waals surface area contributed by atoms with Crippen LogP contribution in [0.25, 0.3) is 0 Å². The predicted molar refractivity (Wildman–Crippen MR) is 89.7 cm³/mol. The number of aliphatic hydroxyl groups is 1. The molecule has 2 saturated carbocycles. The molecule has 4 heteroatoms. The number of fused-ring (bicyclic) bond motifs is 5. The van der Waals surface area contributed by atoms with Gasteiger partial charge in [-0.15, -0.1) is 0 Å². The van der Waals surface area contributed by atoms with Crippen molar-refractivity contribution in [3.63, 3.8) is 0 Å². The van der Waals surface area contributed by atoms with Crippen LogP contribution in [0.2, 0.25) is 0 Å². The van der Waals surface area contributed by atoms with Crippen LogP contribution in [0.4, 0.5) is 0 Å². The molecule has 3 aliphatic carbocycles. The second-order valence-electron chi connectivity index (χ2n) is 7.76. The van der Waals surface area contributed by atoms with Gasteiger partial charge in [-0.1, -0.05) is 0 Å². The van der Waals surface area contributed by atoms with Crippen LogP contribution in [-0.2, 0) is 6.42 Å². The van der Waals surface area contributed by atoms with Crippen molar-refractivity contribution >= 4 is 19.4 Å². The zero-order valence-electron chi connectivity index (χ0n) is 13.5. The summed E-state index contributed by atoms with van der Waals surface area (Å²) in [5, 5.41) is 29.7. The number of phenolic OH excluding ortho intramolecular Hbond substituents is 1. The normalized spacial score (nSPS) is 38.3. The van der Waals surface area contributed by atoms with Gasteiger partial charge in [0, 0.05) is 0 Å². The van der Waals surface area contributed by atoms with Gasteiger partial charge in [0.2, 0.25) is 0 Å². The Balaban J connectivity index is 1.76. The van der Waals surface area contributed by atoms with Crippen molar-refractivity contribution in [1.29, 1.82) is 5.26 Å². The van der Waals surface area contributed by atoms with E-state index in [0.29, 0.717) is 23.5 Å². The first-order valence-electron chi connectivity index (χ1n) is 8.64. The summed E-state index contributed by atoms with van der Waals surface area (Å²) in [7, 11) is 0. The summed E-state index contributed by atoms with van der Waals surface area (Å²) in [5.41, 5.74) is 2.74. The summed E-state index contributed by atoms with van der Waals surface area (Å²) < 4.78 is 1.09. The standard InChI is InChI=1S/C19H23NO2Se/c1-19-7-6-14-13(15(19)4-5-17(19)22)3-2-11-8-12(21)9-16(18(11)14)23-10-20/h8-9,13-15,17,21-22H,2-7H2,1H3/t13-,14-,15-,17-,19-/m0/s1. The fourth-order valence-electron chi connectivity index (χ4n) is 5.77. The molecule has 0 saturated heterocycles. The van der Waals surface area contributed by atoms with Gasteiger partial charge in [0.05, 0.1) is 0 Å². The molecule has 0 aliphatic heterocycles. The van der Waals surface area contributed by atoms with Gasteiger partial charge in [0.25, 0.3) is 0 Å². The number of benzene rings is 1. The van der Waals surface area contributed by atoms with Crippen molar-refractivity contribution in [1.82, 2.24) is 0 Å². The first-order valence-corrected chi connectivity index (χ1v) is 10.4. The zero-order valence-corrected chi connectivity index (χ0v) is 15.2. The third-order valence-electron chi connectivity index (χ3n) is 6.87. The molecule has 0 heterocycles. The van der Waals surface area contributed by atoms with Crippen LogP contribution in [0.5, 0.6) is 5.75 Å². The van der Waals surface area contributed by atoms with Crippen LogP contribution in [0.1, 0.15) is 56.1 Å². The van der Waals surface area contributed by atoms with E-state index >= 15 is 0 Å². The van der Waals surface area contributed by atoms with Crippen LogP contribution in [0.15, 0.2) is 12.1 Å². The number of hydrogen-bond acceptors (Lipinski definition) is 3. The minimum atomic E-state index is -0.222. The van der Waals surface area contributed by atoms with Gasteiger partial charge < -0.3 is 0 Å². The van der Waals surface area contributed by atoms with Gasteiger partial charge >= 0.3 is 144 Å². The molecule has 122 valence electrons. The van der Waals surface area contributed by atoms with E-state index in [9.17, 15) is 15.5 Å². The van der Waals surface area contributed by atoms with E-state index in [0.717, 1.165) is 43.0 Å². The molecule has 0 spiro atoms. The van der Waals surface area contributed by atoms with Crippen molar-refractivity contribution in [3.8, 4) is 10.7 Å². The van der Waals surface area contributed by atoms with E-state index < -0.39 is 0 Å². The third kappa shape index (κ3) is 2.25. The fourth-order valence-corrected chi connectivity index (χ4v) is 7.18. The van der Waals surface area contributed by atoms with Gasteiger partial charge in [-0.05, 0) is 0 Å². The molecule has 1 aromatic carbocycles. The predicted octanol–water partition coefficient (Wildman–Crippen LogP) is 2.42. The maximum absolute atomic E-state index is 10.5. The van der Waals surface area contributed by atoms with Gasteiger partial charge in [0.1, 0.15) is 0 Å². The molecule has 0 amide bonds. The van der Waals surface area contributed by atoms with Gasteiger partial charge in [-0.25, -0.2) is 0 Å². The Morgan fingerprint density at radius 1 is 1.26 bits per heavy atom. The summed E-state index contributed by atoms with van der Waals surface area (Å²) in [6.45, 7) is 2.29. The molecule has 4 rings (SSSR count). The van der Waals surface area contributed by atoms with Crippen LogP contribution in [-0.4, -0.2) is 31.3 Å². The van der Waals surface area contributed by atoms with E-state index in [1.807, 2.05) is 12.1 Å². The molecule has 2 fully saturated rings. The van der Waals surface area contributed by atoms with Crippen LogP contribution >= 0.6 is 0 Å². The number of phenols is 1. The quantitative estimate of drug-likeness (QED) is 0.740. The molecule has 2 N–H and O–H groups in total. The molecule has 3 nitrogen and oxygen atoms in total. The molecule has 0 unspecified atom stereocenters. The van der Waals surface area contributed by atoms with Crippen LogP contribution < -0.4 is 4.46 Å². The fraction of sp³-hybridized carbons (Fsp3) is 0.632. The Hall–Kier alpha value is -1.01. The molecule has 0 aromatic heterocycles. The van der Waals surface area contributed by atoms with Gasteiger partial charge in [-0.3, -0.25) is 0 Å². The second kappa shape index (κ2) is 5.52. The Kier molecular flexibility index (Phi) is 3.72. The average Bonchev–Trinajstić information content (AvgIpc) is 2.82. The third-order valence-corrected chi connectivity index (χ3v) is 8.23. The SMILES string of the molecule is C[C@]12CC[C@@H]3c4c(cc(O)cc4[Se]C#N)CC[C@@H]3[C@@H]1CC[C@@H]2O. The Morgan fingerprint density at radius 2 is 2.09 bits per heavy atom. The van der Waals surface area contributed by atoms with Crippen molar-refractivity contribution in [2.75, 3.05) is 0 Å². The number of nitriles is 1. The topological polar surface area (TPSA) is 64.2 Å². The van der Waals surface area contributed by atoms with Crippen molar-refractivity contribution < 1.29 is 10.2 Å². The Labute approximate surface area is 143 Å². The number of aryl methyl sites for hydroxylation is 1. The minimum absolute atomic E-state index is 0.0934. The molecule has 0 bridgehead atoms. The molecule has 5 atom stereocenters. The Morgan fingerprint density at radius 3 is 2.87 bits per heavy atom. The number of nitrogens with zero attached hydrogens (tertiary/aromatic N) is 1. The number of rotatable bonds is 1. The number of aliphatic hydroxyl groups excluding tert-OH is 1. The van der Waals surface area contributed by atoms with E-state index in [4.69, 9.17) is 0 Å². The van der Waals surface area contributed by atoms with E-state index in [1.165, 1.54) is 11.1 Å². The molecule has 1 aromatic rings. The van der Waals surface area contributed by atoms with Gasteiger partial charge in [-0.2, -0.15) is 0 Å². The summed E-state index contributed by atoms with van der Waals surface area (Å²) >= 11 is -0.222. The summed E-state index contributed by atoms with van der Waals surface area (Å²) in [6.07, 6.45) is 6.31. The maximum atomic E-state index is 10.5. The molecule has 0 radical (unpaired) electrons. The van der Waals surface area contributed by atoms with Gasteiger partial charge in [0.15, 0.2) is 0 Å². The van der Waals surface area contributed by atoms with Crippen LogP contribution in [0.3, 0.4) is 0 Å². The summed E-state index contributed by atoms with van der Waals surface area (Å²) in [6, 6.07) is 3.74. The Bertz CT molecular complexity index is 683. The van der Waals surface area contributed by atoms with E-state index in [-0.39, 0.29) is 26.5 Å². The molecular weight excluding hydrogens is 353 g/mol. The van der Waals surface area contributed by atoms with Crippen molar-refractivity contribution in [3.05, 3.63) is 23.3 Å². The van der Waals surface area contributed by atoms with Crippen molar-refractivity contribution in [2.45, 2.75) is 57.5 Å². The molecular formula is C19H23NO2Se. The summed E-state index contributed by atoms with van der Waals surface area (Å²) in [4.78, 5) is 2.33. The van der Waals surface area contributed by atoms with Crippen LogP contribution in [0, 0.1) is 27.5 Å². The first kappa shape index (κ1) is 15.5. The molecule has 3 aliphatic rings. The van der Waals surface area contributed by atoms with Crippen molar-refractivity contribution in [2.24, 2.45) is 17.3 Å². The number of aromatic hydroxyl groups is 1. The number of hydrogen-bond donors (Lipinski definition) is 2. The monoisotopic (exact) mass is 377 g/mol.